The monoisotopic (exact) mass is 294 g/mol. The van der Waals surface area contributed by atoms with Crippen molar-refractivity contribution in [2.24, 2.45) is 0 Å². The molecule has 0 aliphatic rings. The fourth-order valence-corrected chi connectivity index (χ4v) is 1.85. The third-order valence-corrected chi connectivity index (χ3v) is 2.82. The SMILES string of the molecule is N#Cc1ccccc1NCc1cc(F)cc(C(F)(F)F)c1. The van der Waals surface area contributed by atoms with Crippen molar-refractivity contribution in [1.82, 2.24) is 0 Å². The molecule has 0 saturated carbocycles. The molecule has 6 heteroatoms. The molecule has 0 amide bonds. The van der Waals surface area contributed by atoms with Crippen LogP contribution in [0.15, 0.2) is 42.5 Å². The summed E-state index contributed by atoms with van der Waals surface area (Å²) in [6.07, 6.45) is -4.60. The zero-order valence-electron chi connectivity index (χ0n) is 10.7. The molecule has 108 valence electrons. The Balaban J connectivity index is 2.21. The first-order valence-corrected chi connectivity index (χ1v) is 6.00. The zero-order valence-corrected chi connectivity index (χ0v) is 10.7. The van der Waals surface area contributed by atoms with E-state index in [2.05, 4.69) is 5.32 Å². The van der Waals surface area contributed by atoms with Crippen molar-refractivity contribution >= 4 is 5.69 Å². The Morgan fingerprint density at radius 1 is 1.10 bits per heavy atom. The Morgan fingerprint density at radius 2 is 1.81 bits per heavy atom. The summed E-state index contributed by atoms with van der Waals surface area (Å²) >= 11 is 0. The van der Waals surface area contributed by atoms with Crippen molar-refractivity contribution in [1.29, 1.82) is 5.26 Å². The van der Waals surface area contributed by atoms with E-state index in [1.165, 1.54) is 0 Å². The molecule has 0 saturated heterocycles. The number of nitrogens with one attached hydrogen (secondary N) is 1. The van der Waals surface area contributed by atoms with Crippen LogP contribution in [-0.2, 0) is 12.7 Å². The third-order valence-electron chi connectivity index (χ3n) is 2.82. The average molecular weight is 294 g/mol. The Morgan fingerprint density at radius 3 is 2.48 bits per heavy atom. The number of anilines is 1. The Labute approximate surface area is 118 Å². The van der Waals surface area contributed by atoms with E-state index in [1.54, 1.807) is 24.3 Å². The van der Waals surface area contributed by atoms with E-state index < -0.39 is 17.6 Å². The lowest BCUT2D eigenvalue weighted by atomic mass is 10.1. The lowest BCUT2D eigenvalue weighted by Gasteiger charge is -2.11. The van der Waals surface area contributed by atoms with Gasteiger partial charge in [0.05, 0.1) is 16.8 Å². The minimum atomic E-state index is -4.60. The van der Waals surface area contributed by atoms with Crippen LogP contribution in [0.1, 0.15) is 16.7 Å². The molecular weight excluding hydrogens is 284 g/mol. The van der Waals surface area contributed by atoms with Gasteiger partial charge in [0.15, 0.2) is 0 Å². The van der Waals surface area contributed by atoms with Gasteiger partial charge in [0.25, 0.3) is 0 Å². The Bertz CT molecular complexity index is 687. The minimum absolute atomic E-state index is 0.0144. The van der Waals surface area contributed by atoms with Crippen molar-refractivity contribution in [2.75, 3.05) is 5.32 Å². The number of halogens is 4. The van der Waals surface area contributed by atoms with Gasteiger partial charge in [0.2, 0.25) is 0 Å². The van der Waals surface area contributed by atoms with Gasteiger partial charge in [0, 0.05) is 6.54 Å². The van der Waals surface area contributed by atoms with Gasteiger partial charge in [0.1, 0.15) is 11.9 Å². The van der Waals surface area contributed by atoms with E-state index in [0.29, 0.717) is 17.3 Å². The minimum Gasteiger partial charge on any atom is -0.380 e. The number of hydrogen-bond donors (Lipinski definition) is 1. The van der Waals surface area contributed by atoms with Crippen LogP contribution < -0.4 is 5.32 Å². The predicted octanol–water partition coefficient (Wildman–Crippen LogP) is 4.33. The Kier molecular flexibility index (Phi) is 4.13. The lowest BCUT2D eigenvalue weighted by molar-refractivity contribution is -0.137. The standard InChI is InChI=1S/C15H10F4N2/c16-13-6-10(5-12(7-13)15(17,18)19)9-21-14-4-2-1-3-11(14)8-20/h1-7,21H,9H2. The maximum atomic E-state index is 13.2. The molecule has 2 aromatic rings. The fraction of sp³-hybridized carbons (Fsp3) is 0.133. The summed E-state index contributed by atoms with van der Waals surface area (Å²) in [4.78, 5) is 0. The fourth-order valence-electron chi connectivity index (χ4n) is 1.85. The summed E-state index contributed by atoms with van der Waals surface area (Å²) in [5.74, 6) is -0.949. The van der Waals surface area contributed by atoms with E-state index in [0.717, 1.165) is 12.1 Å². The summed E-state index contributed by atoms with van der Waals surface area (Å²) in [5, 5.41) is 11.7. The van der Waals surface area contributed by atoms with Crippen molar-refractivity contribution in [3.63, 3.8) is 0 Å². The first kappa shape index (κ1) is 14.9. The molecule has 0 spiro atoms. The van der Waals surface area contributed by atoms with Gasteiger partial charge in [-0.15, -0.1) is 0 Å². The largest absolute Gasteiger partial charge is 0.416 e. The molecule has 2 rings (SSSR count). The van der Waals surface area contributed by atoms with Crippen molar-refractivity contribution < 1.29 is 17.6 Å². The predicted molar refractivity (Wildman–Crippen MR) is 69.9 cm³/mol. The van der Waals surface area contributed by atoms with Crippen LogP contribution in [0.2, 0.25) is 0 Å². The summed E-state index contributed by atoms with van der Waals surface area (Å²) in [6, 6.07) is 10.9. The summed E-state index contributed by atoms with van der Waals surface area (Å²) in [5.41, 5.74) is -0.0364. The highest BCUT2D eigenvalue weighted by molar-refractivity contribution is 5.57. The first-order valence-electron chi connectivity index (χ1n) is 6.00. The van der Waals surface area contributed by atoms with E-state index in [-0.39, 0.29) is 12.1 Å². The molecule has 0 aromatic heterocycles. The molecule has 0 radical (unpaired) electrons. The molecule has 0 heterocycles. The van der Waals surface area contributed by atoms with Gasteiger partial charge in [-0.05, 0) is 35.9 Å². The topological polar surface area (TPSA) is 35.8 Å². The van der Waals surface area contributed by atoms with Crippen LogP contribution in [0.5, 0.6) is 0 Å². The van der Waals surface area contributed by atoms with Gasteiger partial charge >= 0.3 is 6.18 Å². The second kappa shape index (κ2) is 5.83. The van der Waals surface area contributed by atoms with Gasteiger partial charge in [-0.25, -0.2) is 4.39 Å². The molecule has 0 fully saturated rings. The molecule has 0 unspecified atom stereocenters. The van der Waals surface area contributed by atoms with Crippen molar-refractivity contribution in [3.05, 3.63) is 65.0 Å². The number of alkyl halides is 3. The summed E-state index contributed by atoms with van der Waals surface area (Å²) < 4.78 is 51.0. The zero-order chi connectivity index (χ0) is 15.5. The molecule has 0 aliphatic carbocycles. The second-order valence-electron chi connectivity index (χ2n) is 4.36. The highest BCUT2D eigenvalue weighted by Crippen LogP contribution is 2.30. The summed E-state index contributed by atoms with van der Waals surface area (Å²) in [7, 11) is 0. The number of rotatable bonds is 3. The first-order chi connectivity index (χ1) is 9.90. The van der Waals surface area contributed by atoms with E-state index in [4.69, 9.17) is 5.26 Å². The van der Waals surface area contributed by atoms with Gasteiger partial charge in [-0.1, -0.05) is 12.1 Å². The van der Waals surface area contributed by atoms with Gasteiger partial charge in [-0.3, -0.25) is 0 Å². The van der Waals surface area contributed by atoms with E-state index >= 15 is 0 Å². The van der Waals surface area contributed by atoms with Crippen molar-refractivity contribution in [2.45, 2.75) is 12.7 Å². The van der Waals surface area contributed by atoms with Crippen LogP contribution >= 0.6 is 0 Å². The average Bonchev–Trinajstić information content (AvgIpc) is 2.44. The molecule has 2 aromatic carbocycles. The number of nitriles is 1. The van der Waals surface area contributed by atoms with E-state index in [1.807, 2.05) is 6.07 Å². The maximum Gasteiger partial charge on any atom is 0.416 e. The number of hydrogen-bond acceptors (Lipinski definition) is 2. The molecule has 2 nitrogen and oxygen atoms in total. The quantitative estimate of drug-likeness (QED) is 0.855. The van der Waals surface area contributed by atoms with Crippen molar-refractivity contribution in [3.8, 4) is 6.07 Å². The molecule has 21 heavy (non-hydrogen) atoms. The second-order valence-corrected chi connectivity index (χ2v) is 4.36. The third kappa shape index (κ3) is 3.72. The van der Waals surface area contributed by atoms with Crippen LogP contribution in [0.3, 0.4) is 0 Å². The van der Waals surface area contributed by atoms with E-state index in [9.17, 15) is 17.6 Å². The van der Waals surface area contributed by atoms with Crippen LogP contribution in [0.25, 0.3) is 0 Å². The molecule has 0 bridgehead atoms. The van der Waals surface area contributed by atoms with Crippen LogP contribution in [0, 0.1) is 17.1 Å². The van der Waals surface area contributed by atoms with Crippen LogP contribution in [-0.4, -0.2) is 0 Å². The highest BCUT2D eigenvalue weighted by Gasteiger charge is 2.31. The number of benzene rings is 2. The molecular formula is C15H10F4N2. The summed E-state index contributed by atoms with van der Waals surface area (Å²) in [6.45, 7) is -0.0144. The van der Waals surface area contributed by atoms with Crippen LogP contribution in [0.4, 0.5) is 23.2 Å². The number of para-hydroxylation sites is 1. The highest BCUT2D eigenvalue weighted by atomic mass is 19.4. The normalized spacial score (nSPS) is 11.0. The smallest absolute Gasteiger partial charge is 0.380 e. The number of nitrogens with zero attached hydrogens (tertiary/aromatic N) is 1. The lowest BCUT2D eigenvalue weighted by Crippen LogP contribution is -2.08. The molecule has 1 N–H and O–H groups in total. The van der Waals surface area contributed by atoms with Gasteiger partial charge in [-0.2, -0.15) is 18.4 Å². The molecule has 0 aliphatic heterocycles. The Hall–Kier alpha value is -2.55. The maximum absolute atomic E-state index is 13.2. The van der Waals surface area contributed by atoms with Gasteiger partial charge < -0.3 is 5.32 Å². The molecule has 0 atom stereocenters.